The normalized spacial score (nSPS) is 20.0. The second-order valence-electron chi connectivity index (χ2n) is 5.29. The lowest BCUT2D eigenvalue weighted by Gasteiger charge is -2.07. The maximum Gasteiger partial charge on any atom is 0.335 e. The van der Waals surface area contributed by atoms with Gasteiger partial charge in [-0.2, -0.15) is 0 Å². The average molecular weight is 285 g/mol. The van der Waals surface area contributed by atoms with E-state index in [-0.39, 0.29) is 23.3 Å². The number of carboxylic acids is 1. The summed E-state index contributed by atoms with van der Waals surface area (Å²) in [7, 11) is 0. The van der Waals surface area contributed by atoms with E-state index >= 15 is 0 Å². The molecule has 3 rings (SSSR count). The molecule has 1 aliphatic carbocycles. The first-order valence-corrected chi connectivity index (χ1v) is 6.74. The van der Waals surface area contributed by atoms with Gasteiger partial charge in [-0.3, -0.25) is 4.79 Å². The summed E-state index contributed by atoms with van der Waals surface area (Å²) in [5.74, 6) is -0.105. The monoisotopic (exact) mass is 285 g/mol. The first kappa shape index (κ1) is 13.4. The van der Waals surface area contributed by atoms with Crippen LogP contribution < -0.4 is 5.32 Å². The molecule has 2 N–H and O–H groups in total. The molecule has 2 atom stereocenters. The van der Waals surface area contributed by atoms with Crippen LogP contribution in [0.5, 0.6) is 0 Å². The van der Waals surface area contributed by atoms with E-state index in [2.05, 4.69) is 5.32 Å². The number of benzene rings is 1. The van der Waals surface area contributed by atoms with Crippen LogP contribution in [-0.4, -0.2) is 17.0 Å². The number of rotatable bonds is 4. The fourth-order valence-electron chi connectivity index (χ4n) is 2.52. The molecule has 0 unspecified atom stereocenters. The topological polar surface area (TPSA) is 79.5 Å². The minimum absolute atomic E-state index is 0.0566. The number of hydrogen-bond donors (Lipinski definition) is 2. The Labute approximate surface area is 121 Å². The van der Waals surface area contributed by atoms with Gasteiger partial charge in [0.15, 0.2) is 0 Å². The standard InChI is InChI=1S/C16H15NO4/c1-9-7-10(4-5-11(9)16(19)20)17-15(18)13-8-12(13)14-3-2-6-21-14/h2-7,12-13H,8H2,1H3,(H,17,18)(H,19,20)/t12-,13+/m0/s1. The van der Waals surface area contributed by atoms with Crippen molar-refractivity contribution >= 4 is 17.6 Å². The number of nitrogens with one attached hydrogen (secondary N) is 1. The molecule has 1 aromatic carbocycles. The number of carbonyl (C=O) groups excluding carboxylic acids is 1. The summed E-state index contributed by atoms with van der Waals surface area (Å²) in [6.07, 6.45) is 2.39. The summed E-state index contributed by atoms with van der Waals surface area (Å²) in [6.45, 7) is 1.71. The van der Waals surface area contributed by atoms with Gasteiger partial charge in [0.05, 0.1) is 11.8 Å². The first-order valence-electron chi connectivity index (χ1n) is 6.74. The van der Waals surface area contributed by atoms with Gasteiger partial charge in [0.1, 0.15) is 5.76 Å². The third-order valence-corrected chi connectivity index (χ3v) is 3.76. The summed E-state index contributed by atoms with van der Waals surface area (Å²) in [4.78, 5) is 23.1. The van der Waals surface area contributed by atoms with E-state index in [0.29, 0.717) is 11.3 Å². The molecule has 5 nitrogen and oxygen atoms in total. The summed E-state index contributed by atoms with van der Waals surface area (Å²) in [6, 6.07) is 8.48. The van der Waals surface area contributed by atoms with Crippen molar-refractivity contribution in [1.82, 2.24) is 0 Å². The van der Waals surface area contributed by atoms with Gasteiger partial charge in [0.25, 0.3) is 0 Å². The molecule has 1 fully saturated rings. The highest BCUT2D eigenvalue weighted by molar-refractivity contribution is 5.96. The van der Waals surface area contributed by atoms with Crippen LogP contribution in [0, 0.1) is 12.8 Å². The average Bonchev–Trinajstić information content (AvgIpc) is 3.05. The summed E-state index contributed by atoms with van der Waals surface area (Å²) < 4.78 is 5.30. The van der Waals surface area contributed by atoms with Crippen LogP contribution in [0.1, 0.15) is 34.0 Å². The molecule has 1 aliphatic rings. The van der Waals surface area contributed by atoms with E-state index in [0.717, 1.165) is 12.2 Å². The smallest absolute Gasteiger partial charge is 0.335 e. The number of hydrogen-bond acceptors (Lipinski definition) is 3. The van der Waals surface area contributed by atoms with Crippen molar-refractivity contribution in [3.05, 3.63) is 53.5 Å². The molecule has 0 spiro atoms. The molecule has 5 heteroatoms. The van der Waals surface area contributed by atoms with Crippen molar-refractivity contribution in [3.8, 4) is 0 Å². The molecule has 21 heavy (non-hydrogen) atoms. The SMILES string of the molecule is Cc1cc(NC(=O)[C@@H]2C[C@@H]2c2ccco2)ccc1C(=O)O. The zero-order chi connectivity index (χ0) is 15.0. The van der Waals surface area contributed by atoms with Gasteiger partial charge in [0, 0.05) is 17.5 Å². The lowest BCUT2D eigenvalue weighted by molar-refractivity contribution is -0.117. The van der Waals surface area contributed by atoms with E-state index < -0.39 is 5.97 Å². The predicted octanol–water partition coefficient (Wildman–Crippen LogP) is 3.03. The Morgan fingerprint density at radius 3 is 2.76 bits per heavy atom. The van der Waals surface area contributed by atoms with Crippen LogP contribution in [0.25, 0.3) is 0 Å². The lowest BCUT2D eigenvalue weighted by atomic mass is 10.1. The number of carboxylic acid groups (broad SMARTS) is 1. The van der Waals surface area contributed by atoms with Crippen LogP contribution >= 0.6 is 0 Å². The lowest BCUT2D eigenvalue weighted by Crippen LogP contribution is -2.15. The highest BCUT2D eigenvalue weighted by atomic mass is 16.4. The Kier molecular flexibility index (Phi) is 3.25. The number of aromatic carboxylic acids is 1. The molecule has 1 aromatic heterocycles. The molecule has 0 saturated heterocycles. The van der Waals surface area contributed by atoms with Gasteiger partial charge in [-0.15, -0.1) is 0 Å². The number of amides is 1. The molecule has 1 heterocycles. The van der Waals surface area contributed by atoms with Crippen molar-refractivity contribution in [1.29, 1.82) is 0 Å². The third kappa shape index (κ3) is 2.67. The first-order chi connectivity index (χ1) is 10.1. The van der Waals surface area contributed by atoms with Crippen LogP contribution in [0.2, 0.25) is 0 Å². The van der Waals surface area contributed by atoms with Crippen molar-refractivity contribution in [3.63, 3.8) is 0 Å². The fourth-order valence-corrected chi connectivity index (χ4v) is 2.52. The largest absolute Gasteiger partial charge is 0.478 e. The fraction of sp³-hybridized carbons (Fsp3) is 0.250. The number of carbonyl (C=O) groups is 2. The van der Waals surface area contributed by atoms with E-state index in [1.165, 1.54) is 6.07 Å². The van der Waals surface area contributed by atoms with Crippen LogP contribution in [0.3, 0.4) is 0 Å². The molecule has 0 bridgehead atoms. The van der Waals surface area contributed by atoms with Crippen LogP contribution in [0.4, 0.5) is 5.69 Å². The molecule has 1 saturated carbocycles. The number of furan rings is 1. The number of anilines is 1. The summed E-state index contributed by atoms with van der Waals surface area (Å²) in [5.41, 5.74) is 1.49. The Balaban J connectivity index is 1.66. The Morgan fingerprint density at radius 1 is 1.33 bits per heavy atom. The molecular formula is C16H15NO4. The quantitative estimate of drug-likeness (QED) is 0.905. The van der Waals surface area contributed by atoms with Crippen molar-refractivity contribution in [2.45, 2.75) is 19.3 Å². The van der Waals surface area contributed by atoms with Crippen LogP contribution in [-0.2, 0) is 4.79 Å². The predicted molar refractivity (Wildman–Crippen MR) is 76.3 cm³/mol. The zero-order valence-corrected chi connectivity index (χ0v) is 11.5. The van der Waals surface area contributed by atoms with E-state index in [1.807, 2.05) is 12.1 Å². The van der Waals surface area contributed by atoms with E-state index in [4.69, 9.17) is 9.52 Å². The van der Waals surface area contributed by atoms with Gasteiger partial charge >= 0.3 is 5.97 Å². The van der Waals surface area contributed by atoms with Gasteiger partial charge < -0.3 is 14.8 Å². The van der Waals surface area contributed by atoms with Gasteiger partial charge in [-0.25, -0.2) is 4.79 Å². The molecular weight excluding hydrogens is 270 g/mol. The van der Waals surface area contributed by atoms with E-state index in [9.17, 15) is 9.59 Å². The molecule has 0 radical (unpaired) electrons. The minimum Gasteiger partial charge on any atom is -0.478 e. The molecule has 2 aromatic rings. The van der Waals surface area contributed by atoms with Crippen molar-refractivity contribution < 1.29 is 19.1 Å². The molecule has 108 valence electrons. The maximum absolute atomic E-state index is 12.1. The molecule has 0 aliphatic heterocycles. The van der Waals surface area contributed by atoms with Crippen LogP contribution in [0.15, 0.2) is 41.0 Å². The van der Waals surface area contributed by atoms with Gasteiger partial charge in [0.2, 0.25) is 5.91 Å². The van der Waals surface area contributed by atoms with Gasteiger partial charge in [-0.05, 0) is 49.2 Å². The second-order valence-corrected chi connectivity index (χ2v) is 5.29. The zero-order valence-electron chi connectivity index (χ0n) is 11.5. The Morgan fingerprint density at radius 2 is 2.14 bits per heavy atom. The summed E-state index contributed by atoms with van der Waals surface area (Å²) in [5, 5.41) is 11.8. The minimum atomic E-state index is -0.967. The Hall–Kier alpha value is -2.56. The highest BCUT2D eigenvalue weighted by Crippen LogP contribution is 2.48. The van der Waals surface area contributed by atoms with Crippen molar-refractivity contribution in [2.75, 3.05) is 5.32 Å². The third-order valence-electron chi connectivity index (χ3n) is 3.76. The summed E-state index contributed by atoms with van der Waals surface area (Å²) >= 11 is 0. The Bertz CT molecular complexity index is 690. The van der Waals surface area contributed by atoms with E-state index in [1.54, 1.807) is 25.3 Å². The number of aryl methyl sites for hydroxylation is 1. The second kappa shape index (κ2) is 5.09. The molecule has 1 amide bonds. The van der Waals surface area contributed by atoms with Gasteiger partial charge in [-0.1, -0.05) is 0 Å². The van der Waals surface area contributed by atoms with Crippen molar-refractivity contribution in [2.24, 2.45) is 5.92 Å². The highest BCUT2D eigenvalue weighted by Gasteiger charge is 2.45. The maximum atomic E-state index is 12.1.